The molecule has 90 valence electrons. The highest BCUT2D eigenvalue weighted by Crippen LogP contribution is 2.25. The Kier molecular flexibility index (Phi) is 7.72. The molecule has 4 N–H and O–H groups in total. The van der Waals surface area contributed by atoms with Crippen molar-refractivity contribution in [3.8, 4) is 6.07 Å². The van der Waals surface area contributed by atoms with Crippen LogP contribution in [0.15, 0.2) is 28.4 Å². The van der Waals surface area contributed by atoms with E-state index in [1.807, 2.05) is 6.07 Å². The number of nitrogens with zero attached hydrogens (tertiary/aromatic N) is 3. The van der Waals surface area contributed by atoms with Crippen molar-refractivity contribution in [3.63, 3.8) is 0 Å². The lowest BCUT2D eigenvalue weighted by atomic mass is 10.1. The SMILES string of the molecule is CN.N#C/C(=N\N=C/N)c1cccc(Cl)c1Cl. The standard InChI is InChI=1S/C9H6Cl2N4.CH5N/c10-7-3-1-2-6(9(7)11)8(4-12)15-14-5-13;1-2/h1-3,5H,(H2,13,14);2H2,1H3/b15-8+;. The van der Waals surface area contributed by atoms with Crippen molar-refractivity contribution in [1.82, 2.24) is 0 Å². The lowest BCUT2D eigenvalue weighted by Gasteiger charge is -2.01. The quantitative estimate of drug-likeness (QED) is 0.487. The minimum absolute atomic E-state index is 0.0594. The van der Waals surface area contributed by atoms with E-state index >= 15 is 0 Å². The van der Waals surface area contributed by atoms with Crippen molar-refractivity contribution < 1.29 is 0 Å². The lowest BCUT2D eigenvalue weighted by molar-refractivity contribution is 1.24. The molecule has 0 aliphatic heterocycles. The van der Waals surface area contributed by atoms with Gasteiger partial charge in [0.2, 0.25) is 0 Å². The molecule has 0 spiro atoms. The van der Waals surface area contributed by atoms with Crippen LogP contribution in [0.25, 0.3) is 0 Å². The first kappa shape index (κ1) is 15.4. The van der Waals surface area contributed by atoms with Crippen molar-refractivity contribution in [2.45, 2.75) is 0 Å². The van der Waals surface area contributed by atoms with Gasteiger partial charge in [0, 0.05) is 5.56 Å². The molecule has 0 aliphatic rings. The summed E-state index contributed by atoms with van der Waals surface area (Å²) in [6.45, 7) is 0. The summed E-state index contributed by atoms with van der Waals surface area (Å²) in [5, 5.41) is 16.4. The van der Waals surface area contributed by atoms with Gasteiger partial charge < -0.3 is 11.5 Å². The second kappa shape index (κ2) is 8.53. The van der Waals surface area contributed by atoms with Crippen LogP contribution in [-0.2, 0) is 0 Å². The van der Waals surface area contributed by atoms with Crippen LogP contribution in [0.4, 0.5) is 0 Å². The molecule has 0 fully saturated rings. The number of nitrogens with two attached hydrogens (primary N) is 2. The van der Waals surface area contributed by atoms with Gasteiger partial charge in [-0.1, -0.05) is 35.3 Å². The lowest BCUT2D eigenvalue weighted by Crippen LogP contribution is -1.98. The topological polar surface area (TPSA) is 101 Å². The molecular weight excluding hydrogens is 261 g/mol. The van der Waals surface area contributed by atoms with E-state index in [9.17, 15) is 0 Å². The van der Waals surface area contributed by atoms with Crippen molar-refractivity contribution in [3.05, 3.63) is 33.8 Å². The molecule has 1 aromatic rings. The smallest absolute Gasteiger partial charge is 0.171 e. The summed E-state index contributed by atoms with van der Waals surface area (Å²) < 4.78 is 0. The van der Waals surface area contributed by atoms with Crippen molar-refractivity contribution in [2.24, 2.45) is 21.7 Å². The van der Waals surface area contributed by atoms with Crippen LogP contribution in [0.2, 0.25) is 10.0 Å². The Labute approximate surface area is 109 Å². The average Bonchev–Trinajstić information content (AvgIpc) is 2.37. The minimum atomic E-state index is 0.0594. The predicted octanol–water partition coefficient (Wildman–Crippen LogP) is 1.78. The molecule has 0 unspecified atom stereocenters. The molecule has 17 heavy (non-hydrogen) atoms. The fraction of sp³-hybridized carbons (Fsp3) is 0.100. The minimum Gasteiger partial charge on any atom is -0.388 e. The van der Waals surface area contributed by atoms with Crippen LogP contribution in [0.1, 0.15) is 5.56 Å². The molecule has 0 saturated carbocycles. The summed E-state index contributed by atoms with van der Waals surface area (Å²) in [7, 11) is 1.50. The summed E-state index contributed by atoms with van der Waals surface area (Å²) >= 11 is 11.7. The molecule has 0 radical (unpaired) electrons. The van der Waals surface area contributed by atoms with Gasteiger partial charge in [0.1, 0.15) is 12.4 Å². The second-order valence-corrected chi connectivity index (χ2v) is 3.21. The first-order chi connectivity index (χ1) is 8.20. The summed E-state index contributed by atoms with van der Waals surface area (Å²) in [5.74, 6) is 0. The average molecular weight is 272 g/mol. The van der Waals surface area contributed by atoms with Gasteiger partial charge in [-0.05, 0) is 13.1 Å². The maximum absolute atomic E-state index is 8.82. The van der Waals surface area contributed by atoms with Crippen LogP contribution in [0, 0.1) is 11.3 Å². The molecule has 0 aromatic heterocycles. The molecule has 0 bridgehead atoms. The molecule has 0 amide bonds. The van der Waals surface area contributed by atoms with Crippen molar-refractivity contribution in [2.75, 3.05) is 7.05 Å². The second-order valence-electron chi connectivity index (χ2n) is 2.43. The number of benzene rings is 1. The first-order valence-electron chi connectivity index (χ1n) is 4.44. The van der Waals surface area contributed by atoms with Gasteiger partial charge in [0.15, 0.2) is 5.71 Å². The largest absolute Gasteiger partial charge is 0.388 e. The summed E-state index contributed by atoms with van der Waals surface area (Å²) in [6.07, 6.45) is 0.982. The Hall–Kier alpha value is -1.61. The molecule has 0 atom stereocenters. The van der Waals surface area contributed by atoms with E-state index in [-0.39, 0.29) is 10.7 Å². The number of hydrogen-bond acceptors (Lipinski definition) is 4. The summed E-state index contributed by atoms with van der Waals surface area (Å²) in [4.78, 5) is 0. The molecular formula is C10H11Cl2N5. The maximum Gasteiger partial charge on any atom is 0.171 e. The van der Waals surface area contributed by atoms with Gasteiger partial charge in [-0.3, -0.25) is 0 Å². The maximum atomic E-state index is 8.82. The molecule has 0 heterocycles. The van der Waals surface area contributed by atoms with E-state index in [0.29, 0.717) is 10.6 Å². The van der Waals surface area contributed by atoms with Crippen LogP contribution in [0.3, 0.4) is 0 Å². The molecule has 7 heteroatoms. The van der Waals surface area contributed by atoms with Gasteiger partial charge in [-0.15, -0.1) is 10.2 Å². The Balaban J connectivity index is 0.00000121. The zero-order valence-corrected chi connectivity index (χ0v) is 10.6. The van der Waals surface area contributed by atoms with Gasteiger partial charge in [-0.25, -0.2) is 0 Å². The van der Waals surface area contributed by atoms with E-state index < -0.39 is 0 Å². The van der Waals surface area contributed by atoms with E-state index in [1.54, 1.807) is 18.2 Å². The predicted molar refractivity (Wildman–Crippen MR) is 71.4 cm³/mol. The van der Waals surface area contributed by atoms with E-state index in [0.717, 1.165) is 6.34 Å². The first-order valence-corrected chi connectivity index (χ1v) is 5.19. The van der Waals surface area contributed by atoms with Gasteiger partial charge in [0.05, 0.1) is 10.0 Å². The van der Waals surface area contributed by atoms with Gasteiger partial charge in [-0.2, -0.15) is 5.26 Å². The van der Waals surface area contributed by atoms with Gasteiger partial charge in [0.25, 0.3) is 0 Å². The third kappa shape index (κ3) is 4.41. The third-order valence-corrected chi connectivity index (χ3v) is 2.36. The summed E-state index contributed by atoms with van der Waals surface area (Å²) in [6, 6.07) is 6.77. The van der Waals surface area contributed by atoms with Crippen LogP contribution >= 0.6 is 23.2 Å². The summed E-state index contributed by atoms with van der Waals surface area (Å²) in [5.41, 5.74) is 10.00. The number of hydrogen-bond donors (Lipinski definition) is 2. The van der Waals surface area contributed by atoms with Crippen molar-refractivity contribution >= 4 is 35.3 Å². The van der Waals surface area contributed by atoms with Crippen LogP contribution in [-0.4, -0.2) is 19.1 Å². The molecule has 0 saturated heterocycles. The van der Waals surface area contributed by atoms with E-state index in [1.165, 1.54) is 7.05 Å². The Morgan fingerprint density at radius 2 is 2.06 bits per heavy atom. The van der Waals surface area contributed by atoms with Crippen molar-refractivity contribution in [1.29, 1.82) is 5.26 Å². The Morgan fingerprint density at radius 3 is 2.59 bits per heavy atom. The van der Waals surface area contributed by atoms with E-state index in [4.69, 9.17) is 34.2 Å². The zero-order valence-electron chi connectivity index (χ0n) is 9.06. The highest BCUT2D eigenvalue weighted by Gasteiger charge is 2.09. The fourth-order valence-corrected chi connectivity index (χ4v) is 1.30. The molecule has 0 aliphatic carbocycles. The Morgan fingerprint density at radius 1 is 1.41 bits per heavy atom. The highest BCUT2D eigenvalue weighted by atomic mass is 35.5. The van der Waals surface area contributed by atoms with Crippen LogP contribution < -0.4 is 11.5 Å². The Bertz CT molecular complexity index is 462. The number of rotatable bonds is 2. The highest BCUT2D eigenvalue weighted by molar-refractivity contribution is 6.44. The van der Waals surface area contributed by atoms with E-state index in [2.05, 4.69) is 15.9 Å². The van der Waals surface area contributed by atoms with Gasteiger partial charge >= 0.3 is 0 Å². The normalized spacial score (nSPS) is 10.6. The zero-order chi connectivity index (χ0) is 13.3. The molecule has 5 nitrogen and oxygen atoms in total. The fourth-order valence-electron chi connectivity index (χ4n) is 0.914. The third-order valence-electron chi connectivity index (χ3n) is 1.54. The number of halogens is 2. The molecule has 1 aromatic carbocycles. The number of nitriles is 1. The monoisotopic (exact) mass is 271 g/mol. The van der Waals surface area contributed by atoms with Crippen LogP contribution in [0.5, 0.6) is 0 Å². The molecule has 1 rings (SSSR count).